The van der Waals surface area contributed by atoms with Gasteiger partial charge in [0.15, 0.2) is 0 Å². The van der Waals surface area contributed by atoms with Crippen LogP contribution in [0.5, 0.6) is 11.6 Å². The van der Waals surface area contributed by atoms with Crippen molar-refractivity contribution >= 4 is 5.69 Å². The molecule has 2 heterocycles. The van der Waals surface area contributed by atoms with Crippen LogP contribution < -0.4 is 15.4 Å². The first kappa shape index (κ1) is 22.1. The van der Waals surface area contributed by atoms with Gasteiger partial charge in [-0.05, 0) is 55.4 Å². The monoisotopic (exact) mass is 442 g/mol. The Labute approximate surface area is 185 Å². The zero-order valence-corrected chi connectivity index (χ0v) is 18.0. The van der Waals surface area contributed by atoms with Crippen LogP contribution in [0, 0.1) is 17.6 Å². The van der Waals surface area contributed by atoms with Crippen LogP contribution in [0.1, 0.15) is 12.0 Å². The van der Waals surface area contributed by atoms with Crippen molar-refractivity contribution in [2.24, 2.45) is 5.73 Å². The van der Waals surface area contributed by atoms with Gasteiger partial charge in [-0.15, -0.1) is 0 Å². The molecule has 168 valence electrons. The van der Waals surface area contributed by atoms with Gasteiger partial charge in [0.2, 0.25) is 11.6 Å². The second-order valence-electron chi connectivity index (χ2n) is 8.07. The van der Waals surface area contributed by atoms with Crippen molar-refractivity contribution in [1.29, 1.82) is 0 Å². The first-order chi connectivity index (χ1) is 15.4. The van der Waals surface area contributed by atoms with Crippen molar-refractivity contribution in [3.05, 3.63) is 71.7 Å². The Kier molecular flexibility index (Phi) is 6.34. The van der Waals surface area contributed by atoms with E-state index in [-0.39, 0.29) is 11.8 Å². The van der Waals surface area contributed by atoms with Gasteiger partial charge in [0.05, 0.1) is 0 Å². The molecule has 1 aromatic heterocycles. The summed E-state index contributed by atoms with van der Waals surface area (Å²) in [5.74, 6) is -4.05. The van der Waals surface area contributed by atoms with Gasteiger partial charge in [0, 0.05) is 25.7 Å². The van der Waals surface area contributed by atoms with Gasteiger partial charge < -0.3 is 20.3 Å². The van der Waals surface area contributed by atoms with Gasteiger partial charge in [-0.25, -0.2) is 0 Å². The van der Waals surface area contributed by atoms with Crippen LogP contribution in [0.4, 0.5) is 18.9 Å². The molecular formula is C24H25F3N4O. The Balaban J connectivity index is 1.65. The molecular weight excluding hydrogens is 417 g/mol. The summed E-state index contributed by atoms with van der Waals surface area (Å²) < 4.78 is 49.6. The van der Waals surface area contributed by atoms with E-state index in [9.17, 15) is 8.78 Å². The zero-order chi connectivity index (χ0) is 22.8. The second-order valence-corrected chi connectivity index (χ2v) is 8.07. The second kappa shape index (κ2) is 9.18. The number of rotatable bonds is 6. The lowest BCUT2D eigenvalue weighted by atomic mass is 10.0. The molecule has 0 spiro atoms. The standard InChI is InChI=1S/C24H25F3N4O/c1-30(2)18-9-10-31(14-18)22-20(25)23(27)29-24(21(22)26)32-19-8-4-7-17(12-19)16-6-3-5-15(11-16)13-28/h3-8,11-12,18H,9-10,13-14,28H2,1-2H3. The summed E-state index contributed by atoms with van der Waals surface area (Å²) in [5.41, 5.74) is 7.96. The molecule has 8 heteroatoms. The molecule has 1 fully saturated rings. The molecule has 3 aromatic rings. The van der Waals surface area contributed by atoms with E-state index in [1.54, 1.807) is 18.2 Å². The molecule has 1 aliphatic heterocycles. The van der Waals surface area contributed by atoms with Crippen molar-refractivity contribution in [1.82, 2.24) is 9.88 Å². The average Bonchev–Trinajstić information content (AvgIpc) is 3.28. The summed E-state index contributed by atoms with van der Waals surface area (Å²) in [5, 5.41) is 0. The van der Waals surface area contributed by atoms with Gasteiger partial charge >= 0.3 is 0 Å². The number of halogens is 3. The number of aromatic nitrogens is 1. The summed E-state index contributed by atoms with van der Waals surface area (Å²) in [4.78, 5) is 6.87. The van der Waals surface area contributed by atoms with Crippen molar-refractivity contribution in [2.75, 3.05) is 32.1 Å². The fraction of sp³-hybridized carbons (Fsp3) is 0.292. The third-order valence-corrected chi connectivity index (χ3v) is 5.74. The fourth-order valence-electron chi connectivity index (χ4n) is 3.92. The highest BCUT2D eigenvalue weighted by Crippen LogP contribution is 2.36. The lowest BCUT2D eigenvalue weighted by molar-refractivity contribution is 0.315. The first-order valence-corrected chi connectivity index (χ1v) is 10.4. The van der Waals surface area contributed by atoms with Crippen LogP contribution in [0.25, 0.3) is 11.1 Å². The van der Waals surface area contributed by atoms with E-state index in [1.165, 1.54) is 4.90 Å². The van der Waals surface area contributed by atoms with E-state index in [0.717, 1.165) is 23.1 Å². The van der Waals surface area contributed by atoms with E-state index in [1.807, 2.05) is 49.3 Å². The molecule has 1 unspecified atom stereocenters. The highest BCUT2D eigenvalue weighted by Gasteiger charge is 2.32. The number of anilines is 1. The molecule has 32 heavy (non-hydrogen) atoms. The maximum absolute atomic E-state index is 15.2. The van der Waals surface area contributed by atoms with Crippen LogP contribution >= 0.6 is 0 Å². The lowest BCUT2D eigenvalue weighted by Crippen LogP contribution is -2.32. The number of nitrogens with two attached hydrogens (primary N) is 1. The molecule has 4 rings (SSSR count). The molecule has 0 bridgehead atoms. The summed E-state index contributed by atoms with van der Waals surface area (Å²) in [6.45, 7) is 1.20. The molecule has 1 atom stereocenters. The predicted molar refractivity (Wildman–Crippen MR) is 118 cm³/mol. The fourth-order valence-corrected chi connectivity index (χ4v) is 3.92. The lowest BCUT2D eigenvalue weighted by Gasteiger charge is -2.23. The third-order valence-electron chi connectivity index (χ3n) is 5.74. The summed E-state index contributed by atoms with van der Waals surface area (Å²) in [7, 11) is 3.80. The van der Waals surface area contributed by atoms with Gasteiger partial charge in [-0.3, -0.25) is 0 Å². The van der Waals surface area contributed by atoms with Gasteiger partial charge in [-0.1, -0.05) is 30.3 Å². The molecule has 2 aromatic carbocycles. The summed E-state index contributed by atoms with van der Waals surface area (Å²) in [6, 6.07) is 14.7. The maximum Gasteiger partial charge on any atom is 0.261 e. The number of pyridine rings is 1. The molecule has 0 saturated carbocycles. The Morgan fingerprint density at radius 3 is 2.47 bits per heavy atom. The molecule has 1 aliphatic rings. The summed E-state index contributed by atoms with van der Waals surface area (Å²) >= 11 is 0. The number of nitrogens with zero attached hydrogens (tertiary/aromatic N) is 3. The minimum atomic E-state index is -1.39. The Bertz CT molecular complexity index is 1120. The number of ether oxygens (including phenoxy) is 1. The van der Waals surface area contributed by atoms with Crippen LogP contribution in [0.2, 0.25) is 0 Å². The number of hydrogen-bond acceptors (Lipinski definition) is 5. The minimum absolute atomic E-state index is 0.121. The van der Waals surface area contributed by atoms with E-state index >= 15 is 4.39 Å². The topological polar surface area (TPSA) is 54.6 Å². The molecule has 1 saturated heterocycles. The molecule has 0 amide bonds. The van der Waals surface area contributed by atoms with E-state index in [4.69, 9.17) is 10.5 Å². The molecule has 5 nitrogen and oxygen atoms in total. The normalized spacial score (nSPS) is 16.1. The van der Waals surface area contributed by atoms with E-state index in [0.29, 0.717) is 19.6 Å². The van der Waals surface area contributed by atoms with Gasteiger partial charge in [-0.2, -0.15) is 18.2 Å². The van der Waals surface area contributed by atoms with E-state index < -0.39 is 29.1 Å². The number of hydrogen-bond donors (Lipinski definition) is 1. The molecule has 0 aliphatic carbocycles. The zero-order valence-electron chi connectivity index (χ0n) is 18.0. The highest BCUT2D eigenvalue weighted by atomic mass is 19.2. The van der Waals surface area contributed by atoms with E-state index in [2.05, 4.69) is 4.98 Å². The summed E-state index contributed by atoms with van der Waals surface area (Å²) in [6.07, 6.45) is 0.718. The average molecular weight is 442 g/mol. The van der Waals surface area contributed by atoms with Crippen molar-refractivity contribution in [3.8, 4) is 22.8 Å². The maximum atomic E-state index is 15.2. The van der Waals surface area contributed by atoms with Crippen LogP contribution in [0.15, 0.2) is 48.5 Å². The Morgan fingerprint density at radius 2 is 1.78 bits per heavy atom. The van der Waals surface area contributed by atoms with Crippen LogP contribution in [-0.4, -0.2) is 43.1 Å². The van der Waals surface area contributed by atoms with Crippen LogP contribution in [-0.2, 0) is 6.54 Å². The quantitative estimate of drug-likeness (QED) is 0.568. The van der Waals surface area contributed by atoms with Crippen LogP contribution in [0.3, 0.4) is 0 Å². The molecule has 2 N–H and O–H groups in total. The third kappa shape index (κ3) is 4.42. The van der Waals surface area contributed by atoms with Crippen molar-refractivity contribution < 1.29 is 17.9 Å². The Hall–Kier alpha value is -3.10. The SMILES string of the molecule is CN(C)C1CCN(c2c(F)c(F)nc(Oc3cccc(-c4cccc(CN)c4)c3)c2F)C1. The highest BCUT2D eigenvalue weighted by molar-refractivity contribution is 5.66. The minimum Gasteiger partial charge on any atom is -0.436 e. The first-order valence-electron chi connectivity index (χ1n) is 10.4. The van der Waals surface area contributed by atoms with Crippen molar-refractivity contribution in [3.63, 3.8) is 0 Å². The van der Waals surface area contributed by atoms with Crippen molar-refractivity contribution in [2.45, 2.75) is 19.0 Å². The predicted octanol–water partition coefficient (Wildman–Crippen LogP) is 4.56. The van der Waals surface area contributed by atoms with Gasteiger partial charge in [0.25, 0.3) is 11.8 Å². The largest absolute Gasteiger partial charge is 0.436 e. The molecule has 0 radical (unpaired) electrons. The number of likely N-dealkylation sites (N-methyl/N-ethyl adjacent to an activating group) is 1. The number of benzene rings is 2. The van der Waals surface area contributed by atoms with Gasteiger partial charge in [0.1, 0.15) is 11.4 Å². The smallest absolute Gasteiger partial charge is 0.261 e. The Morgan fingerprint density at radius 1 is 1.06 bits per heavy atom.